The second kappa shape index (κ2) is 7.56. The largest absolute Gasteiger partial charge is 0.341 e. The van der Waals surface area contributed by atoms with Crippen molar-refractivity contribution in [2.24, 2.45) is 17.8 Å². The predicted octanol–water partition coefficient (Wildman–Crippen LogP) is 5.44. The quantitative estimate of drug-likeness (QED) is 0.658. The predicted molar refractivity (Wildman–Crippen MR) is 109 cm³/mol. The average molecular weight is 414 g/mol. The van der Waals surface area contributed by atoms with Gasteiger partial charge in [0.2, 0.25) is 5.91 Å². The number of rotatable bonds is 3. The molecule has 2 aliphatic carbocycles. The standard InChI is InChI=1S/C20H25ClFNOS2/c1-23(12-16-17(21)6-3-7-18(16)22)19(24)13-10-14-4-2-5-15(11-13)20(14)25-8-9-26-20/h3,6-7,13-15H,2,4-5,8-12H2,1H3/t14-,15-/m1/s1. The minimum Gasteiger partial charge on any atom is -0.341 e. The molecule has 4 rings (SSSR count). The van der Waals surface area contributed by atoms with Gasteiger partial charge in [-0.3, -0.25) is 4.79 Å². The molecule has 3 fully saturated rings. The molecule has 0 N–H and O–H groups in total. The van der Waals surface area contributed by atoms with Crippen LogP contribution in [0.4, 0.5) is 4.39 Å². The molecule has 2 atom stereocenters. The van der Waals surface area contributed by atoms with E-state index in [1.807, 2.05) is 0 Å². The lowest BCUT2D eigenvalue weighted by Gasteiger charge is -2.52. The van der Waals surface area contributed by atoms with Gasteiger partial charge in [0.25, 0.3) is 0 Å². The second-order valence-corrected chi connectivity index (χ2v) is 11.2. The summed E-state index contributed by atoms with van der Waals surface area (Å²) in [4.78, 5) is 14.8. The van der Waals surface area contributed by atoms with Crippen molar-refractivity contribution in [3.05, 3.63) is 34.6 Å². The molecule has 1 amide bonds. The first-order valence-electron chi connectivity index (χ1n) is 9.47. The summed E-state index contributed by atoms with van der Waals surface area (Å²) in [5.74, 6) is 3.69. The highest BCUT2D eigenvalue weighted by Crippen LogP contribution is 2.64. The average Bonchev–Trinajstić information content (AvgIpc) is 3.07. The van der Waals surface area contributed by atoms with Crippen LogP contribution in [0.25, 0.3) is 0 Å². The number of amides is 1. The summed E-state index contributed by atoms with van der Waals surface area (Å²) in [6, 6.07) is 4.69. The van der Waals surface area contributed by atoms with Crippen LogP contribution in [-0.4, -0.2) is 33.4 Å². The SMILES string of the molecule is CN(Cc1c(F)cccc1Cl)C(=O)C1C[C@H]2CCC[C@H](C1)C21SCCS1. The Morgan fingerprint density at radius 1 is 1.27 bits per heavy atom. The molecule has 142 valence electrons. The number of halogens is 2. The smallest absolute Gasteiger partial charge is 0.225 e. The van der Waals surface area contributed by atoms with Crippen LogP contribution in [0.15, 0.2) is 18.2 Å². The van der Waals surface area contributed by atoms with E-state index < -0.39 is 0 Å². The van der Waals surface area contributed by atoms with Crippen molar-refractivity contribution in [3.8, 4) is 0 Å². The van der Waals surface area contributed by atoms with Crippen molar-refractivity contribution in [3.63, 3.8) is 0 Å². The highest BCUT2D eigenvalue weighted by molar-refractivity contribution is 8.21. The zero-order valence-corrected chi connectivity index (χ0v) is 17.4. The Hall–Kier alpha value is -0.390. The molecular formula is C20H25ClFNOS2. The first-order valence-corrected chi connectivity index (χ1v) is 11.8. The van der Waals surface area contributed by atoms with E-state index >= 15 is 0 Å². The fourth-order valence-corrected chi connectivity index (χ4v) is 9.28. The molecule has 1 heterocycles. The van der Waals surface area contributed by atoms with Crippen molar-refractivity contribution in [2.75, 3.05) is 18.6 Å². The lowest BCUT2D eigenvalue weighted by molar-refractivity contribution is -0.137. The summed E-state index contributed by atoms with van der Waals surface area (Å²) in [5, 5.41) is 0.392. The van der Waals surface area contributed by atoms with Crippen LogP contribution in [0.5, 0.6) is 0 Å². The Morgan fingerprint density at radius 3 is 2.54 bits per heavy atom. The van der Waals surface area contributed by atoms with Crippen LogP contribution >= 0.6 is 35.1 Å². The first-order chi connectivity index (χ1) is 12.5. The molecular weight excluding hydrogens is 389 g/mol. The van der Waals surface area contributed by atoms with Gasteiger partial charge in [0, 0.05) is 41.6 Å². The van der Waals surface area contributed by atoms with Gasteiger partial charge in [-0.25, -0.2) is 4.39 Å². The molecule has 0 unspecified atom stereocenters. The minimum absolute atomic E-state index is 0.0771. The van der Waals surface area contributed by atoms with Crippen molar-refractivity contribution in [2.45, 2.75) is 42.7 Å². The number of carbonyl (C=O) groups excluding carboxylic acids is 1. The van der Waals surface area contributed by atoms with Crippen LogP contribution in [0.2, 0.25) is 5.02 Å². The summed E-state index contributed by atoms with van der Waals surface area (Å²) in [5.41, 5.74) is 0.416. The van der Waals surface area contributed by atoms with Gasteiger partial charge in [0.1, 0.15) is 5.82 Å². The number of benzene rings is 1. The van der Waals surface area contributed by atoms with E-state index in [0.717, 1.165) is 12.8 Å². The molecule has 0 radical (unpaired) electrons. The molecule has 1 aromatic rings. The summed E-state index contributed by atoms with van der Waals surface area (Å²) >= 11 is 10.5. The van der Waals surface area contributed by atoms with E-state index in [1.165, 1.54) is 36.8 Å². The topological polar surface area (TPSA) is 20.3 Å². The number of hydrogen-bond acceptors (Lipinski definition) is 3. The fraction of sp³-hybridized carbons (Fsp3) is 0.650. The third kappa shape index (κ3) is 3.29. The van der Waals surface area contributed by atoms with Crippen LogP contribution < -0.4 is 0 Å². The number of nitrogens with zero attached hydrogens (tertiary/aromatic N) is 1. The highest BCUT2D eigenvalue weighted by atomic mass is 35.5. The van der Waals surface area contributed by atoms with E-state index in [1.54, 1.807) is 24.1 Å². The van der Waals surface area contributed by atoms with Crippen LogP contribution in [0.3, 0.4) is 0 Å². The Bertz CT molecular complexity index is 658. The summed E-state index contributed by atoms with van der Waals surface area (Å²) in [6.45, 7) is 0.241. The van der Waals surface area contributed by atoms with Gasteiger partial charge in [-0.05, 0) is 49.7 Å². The van der Waals surface area contributed by atoms with E-state index in [2.05, 4.69) is 23.5 Å². The summed E-state index contributed by atoms with van der Waals surface area (Å²) in [6.07, 6.45) is 5.79. The van der Waals surface area contributed by atoms with Crippen LogP contribution in [-0.2, 0) is 11.3 Å². The number of thioether (sulfide) groups is 2. The van der Waals surface area contributed by atoms with E-state index in [9.17, 15) is 9.18 Å². The maximum absolute atomic E-state index is 14.1. The number of carbonyl (C=O) groups is 1. The third-order valence-corrected chi connectivity index (χ3v) is 10.7. The normalized spacial score (nSPS) is 29.7. The molecule has 2 nitrogen and oxygen atoms in total. The van der Waals surface area contributed by atoms with Crippen molar-refractivity contribution < 1.29 is 9.18 Å². The lowest BCUT2D eigenvalue weighted by atomic mass is 9.66. The van der Waals surface area contributed by atoms with Gasteiger partial charge in [-0.2, -0.15) is 0 Å². The second-order valence-electron chi connectivity index (χ2n) is 7.81. The minimum atomic E-state index is -0.338. The van der Waals surface area contributed by atoms with Gasteiger partial charge in [-0.1, -0.05) is 24.1 Å². The van der Waals surface area contributed by atoms with Gasteiger partial charge in [0.15, 0.2) is 0 Å². The Labute approximate surface area is 168 Å². The van der Waals surface area contributed by atoms with Crippen molar-refractivity contribution >= 4 is 41.0 Å². The maximum atomic E-state index is 14.1. The molecule has 1 aliphatic heterocycles. The summed E-state index contributed by atoms with van der Waals surface area (Å²) in [7, 11) is 1.78. The molecule has 2 saturated carbocycles. The van der Waals surface area contributed by atoms with E-state index in [0.29, 0.717) is 26.5 Å². The molecule has 2 bridgehead atoms. The molecule has 1 spiro atoms. The molecule has 0 aromatic heterocycles. The van der Waals surface area contributed by atoms with E-state index in [4.69, 9.17) is 11.6 Å². The Balaban J connectivity index is 1.47. The van der Waals surface area contributed by atoms with Crippen molar-refractivity contribution in [1.29, 1.82) is 0 Å². The van der Waals surface area contributed by atoms with Gasteiger partial charge < -0.3 is 4.90 Å². The molecule has 1 aromatic carbocycles. The first kappa shape index (κ1) is 18.9. The van der Waals surface area contributed by atoms with Gasteiger partial charge >= 0.3 is 0 Å². The van der Waals surface area contributed by atoms with Gasteiger partial charge in [-0.15, -0.1) is 23.5 Å². The molecule has 26 heavy (non-hydrogen) atoms. The lowest BCUT2D eigenvalue weighted by Crippen LogP contribution is -2.49. The zero-order valence-electron chi connectivity index (χ0n) is 15.0. The van der Waals surface area contributed by atoms with Crippen LogP contribution in [0, 0.1) is 23.6 Å². The van der Waals surface area contributed by atoms with Crippen LogP contribution in [0.1, 0.15) is 37.7 Å². The highest BCUT2D eigenvalue weighted by Gasteiger charge is 2.55. The van der Waals surface area contributed by atoms with Crippen molar-refractivity contribution in [1.82, 2.24) is 4.90 Å². The van der Waals surface area contributed by atoms with E-state index in [-0.39, 0.29) is 24.2 Å². The zero-order chi connectivity index (χ0) is 18.3. The number of hydrogen-bond donors (Lipinski definition) is 0. The monoisotopic (exact) mass is 413 g/mol. The Kier molecular flexibility index (Phi) is 5.51. The maximum Gasteiger partial charge on any atom is 0.225 e. The fourth-order valence-electron chi connectivity index (χ4n) is 5.12. The molecule has 6 heteroatoms. The molecule has 3 aliphatic rings. The molecule has 1 saturated heterocycles. The van der Waals surface area contributed by atoms with Gasteiger partial charge in [0.05, 0.1) is 4.08 Å². The Morgan fingerprint density at radius 2 is 1.92 bits per heavy atom. The summed E-state index contributed by atoms with van der Waals surface area (Å²) < 4.78 is 14.5. The third-order valence-electron chi connectivity index (χ3n) is 6.30.